The van der Waals surface area contributed by atoms with E-state index in [1.54, 1.807) is 16.7 Å². The van der Waals surface area contributed by atoms with Gasteiger partial charge in [-0.1, -0.05) is 40.2 Å². The monoisotopic (exact) mass is 1020 g/mol. The van der Waals surface area contributed by atoms with Crippen LogP contribution in [0, 0.1) is 10.8 Å². The van der Waals surface area contributed by atoms with Crippen molar-refractivity contribution >= 4 is 59.8 Å². The van der Waals surface area contributed by atoms with Gasteiger partial charge in [0.05, 0.1) is 57.3 Å². The molecule has 2 aliphatic heterocycles. The SMILES string of the molecule is C=CC(=O)CCC(CC)(COC(=O)C=C)COC(=O)CCN(CCC(=O)OCCN1CCOC1=O)CCN(CCC(=O)OCCN1CCOC1=O)CCC(=O)OCC(CC)(COC(=O)C=C)COC(=O)C=C. The molecule has 1 unspecified atom stereocenters. The van der Waals surface area contributed by atoms with Crippen LogP contribution >= 0.6 is 0 Å². The molecule has 0 aromatic carbocycles. The third-order valence-electron chi connectivity index (χ3n) is 12.0. The quantitative estimate of drug-likeness (QED) is 0.0485. The van der Waals surface area contributed by atoms with Crippen molar-refractivity contribution in [2.24, 2.45) is 10.8 Å². The first-order valence-corrected chi connectivity index (χ1v) is 23.9. The molecular weight excluding hydrogens is 949 g/mol. The Labute approximate surface area is 420 Å². The zero-order valence-corrected chi connectivity index (χ0v) is 41.8. The van der Waals surface area contributed by atoms with Crippen molar-refractivity contribution < 1.29 is 90.6 Å². The fraction of sp³-hybridized carbons (Fsp3) is 0.633. The largest absolute Gasteiger partial charge is 0.465 e. The highest BCUT2D eigenvalue weighted by atomic mass is 16.6. The molecular formula is C49H72N4O19. The molecule has 2 heterocycles. The molecule has 2 rings (SSSR count). The summed E-state index contributed by atoms with van der Waals surface area (Å²) >= 11 is 0. The van der Waals surface area contributed by atoms with Gasteiger partial charge >= 0.3 is 54.0 Å². The second kappa shape index (κ2) is 33.9. The molecule has 2 saturated heterocycles. The maximum atomic E-state index is 13.4. The van der Waals surface area contributed by atoms with E-state index in [-0.39, 0.29) is 163 Å². The lowest BCUT2D eigenvalue weighted by molar-refractivity contribution is -0.159. The lowest BCUT2D eigenvalue weighted by Crippen LogP contribution is -2.40. The van der Waals surface area contributed by atoms with Gasteiger partial charge in [0.25, 0.3) is 0 Å². The number of cyclic esters (lactones) is 2. The fourth-order valence-corrected chi connectivity index (χ4v) is 6.84. The van der Waals surface area contributed by atoms with Crippen LogP contribution in [0.4, 0.5) is 9.59 Å². The molecule has 2 amide bonds. The molecule has 402 valence electrons. The first kappa shape index (κ1) is 61.5. The van der Waals surface area contributed by atoms with Gasteiger partial charge in [-0.2, -0.15) is 0 Å². The summed E-state index contributed by atoms with van der Waals surface area (Å²) in [6.45, 7) is 18.2. The lowest BCUT2D eigenvalue weighted by atomic mass is 9.81. The number of allylic oxidation sites excluding steroid dienone is 1. The van der Waals surface area contributed by atoms with Crippen LogP contribution in [-0.4, -0.2) is 204 Å². The van der Waals surface area contributed by atoms with Crippen molar-refractivity contribution in [3.8, 4) is 0 Å². The standard InChI is InChI=1S/C49H72N4O19/c1-7-38(54)13-18-48(11-5,33-68-39(55)8-2)34-71-44(60)16-21-50(19-14-42(58)64-29-25-52-27-31-66-46(52)62)23-24-51(20-15-43(59)65-30-26-53-28-32-67-47(53)63)22-17-45(61)72-37-49(12-6,35-69-40(56)9-3)36-70-41(57)10-4/h7-10H,1-4,11-37H2,5-6H3. The lowest BCUT2D eigenvalue weighted by Gasteiger charge is -2.31. The molecule has 0 bridgehead atoms. The summed E-state index contributed by atoms with van der Waals surface area (Å²) < 4.78 is 47.7. The van der Waals surface area contributed by atoms with Gasteiger partial charge in [0.1, 0.15) is 59.5 Å². The summed E-state index contributed by atoms with van der Waals surface area (Å²) in [5.41, 5.74) is -1.99. The van der Waals surface area contributed by atoms with E-state index >= 15 is 0 Å². The van der Waals surface area contributed by atoms with E-state index in [0.29, 0.717) is 19.5 Å². The number of hydrogen-bond donors (Lipinski definition) is 0. The summed E-state index contributed by atoms with van der Waals surface area (Å²) in [6, 6.07) is 0. The van der Waals surface area contributed by atoms with Crippen LogP contribution in [0.3, 0.4) is 0 Å². The van der Waals surface area contributed by atoms with E-state index in [4.69, 9.17) is 42.6 Å². The van der Waals surface area contributed by atoms with Crippen LogP contribution in [0.25, 0.3) is 0 Å². The van der Waals surface area contributed by atoms with Crippen LogP contribution in [0.15, 0.2) is 50.6 Å². The summed E-state index contributed by atoms with van der Waals surface area (Å²) in [4.78, 5) is 131. The van der Waals surface area contributed by atoms with Crippen LogP contribution in [0.5, 0.6) is 0 Å². The summed E-state index contributed by atoms with van der Waals surface area (Å²) in [5.74, 6) is -4.80. The molecule has 0 aromatic rings. The normalized spacial score (nSPS) is 14.1. The smallest absolute Gasteiger partial charge is 0.410 e. The summed E-state index contributed by atoms with van der Waals surface area (Å²) in [5, 5.41) is 0. The molecule has 0 aromatic heterocycles. The maximum Gasteiger partial charge on any atom is 0.410 e. The molecule has 0 N–H and O–H groups in total. The van der Waals surface area contributed by atoms with Crippen molar-refractivity contribution in [3.05, 3.63) is 50.6 Å². The average molecular weight is 1020 g/mol. The molecule has 0 radical (unpaired) electrons. The highest BCUT2D eigenvalue weighted by molar-refractivity contribution is 5.89. The molecule has 0 spiro atoms. The van der Waals surface area contributed by atoms with E-state index in [1.807, 2.05) is 6.92 Å². The topological polar surface area (TPSA) is 267 Å². The number of ketones is 1. The number of ether oxygens (including phenoxy) is 9. The van der Waals surface area contributed by atoms with Gasteiger partial charge in [0, 0.05) is 69.3 Å². The van der Waals surface area contributed by atoms with Crippen molar-refractivity contribution in [2.45, 2.75) is 65.2 Å². The van der Waals surface area contributed by atoms with Crippen LogP contribution < -0.4 is 0 Å². The first-order valence-electron chi connectivity index (χ1n) is 23.9. The number of rotatable bonds is 40. The van der Waals surface area contributed by atoms with Crippen molar-refractivity contribution in [1.29, 1.82) is 0 Å². The summed E-state index contributed by atoms with van der Waals surface area (Å²) in [6.07, 6.45) is 3.51. The second-order valence-electron chi connectivity index (χ2n) is 17.0. The molecule has 2 fully saturated rings. The number of esters is 7. The van der Waals surface area contributed by atoms with Gasteiger partial charge in [-0.15, -0.1) is 0 Å². The molecule has 0 aliphatic carbocycles. The Bertz CT molecular complexity index is 1710. The zero-order chi connectivity index (χ0) is 53.4. The van der Waals surface area contributed by atoms with Gasteiger partial charge < -0.3 is 62.2 Å². The van der Waals surface area contributed by atoms with E-state index < -0.39 is 64.8 Å². The highest BCUT2D eigenvalue weighted by Gasteiger charge is 2.35. The second-order valence-corrected chi connectivity index (χ2v) is 17.0. The van der Waals surface area contributed by atoms with Gasteiger partial charge in [-0.3, -0.25) is 24.0 Å². The van der Waals surface area contributed by atoms with Crippen LogP contribution in [0.2, 0.25) is 0 Å². The van der Waals surface area contributed by atoms with E-state index in [9.17, 15) is 47.9 Å². The minimum absolute atomic E-state index is 0.0580. The van der Waals surface area contributed by atoms with Gasteiger partial charge in [0.15, 0.2) is 5.78 Å². The number of nitrogens with zero attached hydrogens (tertiary/aromatic N) is 4. The molecule has 23 heteroatoms. The maximum absolute atomic E-state index is 13.4. The molecule has 1 atom stereocenters. The Morgan fingerprint density at radius 2 is 0.847 bits per heavy atom. The van der Waals surface area contributed by atoms with Crippen molar-refractivity contribution in [2.75, 3.05) is 125 Å². The average Bonchev–Trinajstić information content (AvgIpc) is 4.01. The van der Waals surface area contributed by atoms with Crippen molar-refractivity contribution in [1.82, 2.24) is 19.6 Å². The van der Waals surface area contributed by atoms with Gasteiger partial charge in [-0.05, 0) is 25.3 Å². The zero-order valence-electron chi connectivity index (χ0n) is 41.8. The van der Waals surface area contributed by atoms with E-state index in [2.05, 4.69) is 26.3 Å². The Morgan fingerprint density at radius 3 is 1.18 bits per heavy atom. The minimum atomic E-state index is -1.11. The van der Waals surface area contributed by atoms with Gasteiger partial charge in [-0.25, -0.2) is 24.0 Å². The highest BCUT2D eigenvalue weighted by Crippen LogP contribution is 2.30. The number of carbonyl (C=O) groups excluding carboxylic acids is 10. The summed E-state index contributed by atoms with van der Waals surface area (Å²) in [7, 11) is 0. The van der Waals surface area contributed by atoms with Crippen LogP contribution in [0.1, 0.15) is 65.2 Å². The van der Waals surface area contributed by atoms with E-state index in [1.165, 1.54) is 15.9 Å². The Hall–Kier alpha value is -6.62. The molecule has 0 saturated carbocycles. The number of hydrogen-bond acceptors (Lipinski definition) is 21. The first-order chi connectivity index (χ1) is 34.4. The number of carbonyl (C=O) groups is 10. The molecule has 23 nitrogen and oxygen atoms in total. The molecule has 72 heavy (non-hydrogen) atoms. The predicted octanol–water partition coefficient (Wildman–Crippen LogP) is 2.74. The molecule has 2 aliphatic rings. The third-order valence-corrected chi connectivity index (χ3v) is 12.0. The number of amides is 2. The van der Waals surface area contributed by atoms with Crippen LogP contribution in [-0.2, 0) is 81.0 Å². The Morgan fingerprint density at radius 1 is 0.500 bits per heavy atom. The van der Waals surface area contributed by atoms with Crippen molar-refractivity contribution in [3.63, 3.8) is 0 Å². The van der Waals surface area contributed by atoms with E-state index in [0.717, 1.165) is 18.2 Å². The Kier molecular flexibility index (Phi) is 28.9. The Balaban J connectivity index is 2.25. The minimum Gasteiger partial charge on any atom is -0.465 e. The fourth-order valence-electron chi connectivity index (χ4n) is 6.84. The van der Waals surface area contributed by atoms with Gasteiger partial charge in [0.2, 0.25) is 0 Å². The third kappa shape index (κ3) is 24.5. The predicted molar refractivity (Wildman–Crippen MR) is 254 cm³/mol.